The van der Waals surface area contributed by atoms with Crippen molar-refractivity contribution in [3.8, 4) is 0 Å². The number of rotatable bonds is 8. The van der Waals surface area contributed by atoms with E-state index in [9.17, 15) is 19.7 Å². The zero-order chi connectivity index (χ0) is 19.4. The van der Waals surface area contributed by atoms with Crippen molar-refractivity contribution < 1.29 is 19.2 Å². The molecule has 7 heteroatoms. The fourth-order valence-electron chi connectivity index (χ4n) is 2.60. The van der Waals surface area contributed by atoms with Gasteiger partial charge in [0.05, 0.1) is 10.5 Å². The molecule has 0 aliphatic heterocycles. The summed E-state index contributed by atoms with van der Waals surface area (Å²) in [7, 11) is 0. The molecular formula is C20H20N2O5. The second-order valence-electron chi connectivity index (χ2n) is 6.46. The number of Topliss-reactive ketones (excluding diaryl/α,β-unsaturated/α-hetero) is 1. The number of carbonyl (C=O) groups is 2. The molecule has 27 heavy (non-hydrogen) atoms. The molecule has 0 amide bonds. The van der Waals surface area contributed by atoms with E-state index in [1.54, 1.807) is 12.1 Å². The molecule has 0 atom stereocenters. The summed E-state index contributed by atoms with van der Waals surface area (Å²) in [5.41, 5.74) is 1.80. The number of benzene rings is 2. The molecular weight excluding hydrogens is 348 g/mol. The molecule has 1 N–H and O–H groups in total. The van der Waals surface area contributed by atoms with Crippen LogP contribution in [0, 0.1) is 10.1 Å². The van der Waals surface area contributed by atoms with Gasteiger partial charge in [-0.2, -0.15) is 0 Å². The van der Waals surface area contributed by atoms with Gasteiger partial charge in [-0.3, -0.25) is 14.9 Å². The van der Waals surface area contributed by atoms with Crippen molar-refractivity contribution in [1.82, 2.24) is 0 Å². The van der Waals surface area contributed by atoms with Crippen LogP contribution in [0.3, 0.4) is 0 Å². The predicted molar refractivity (Wildman–Crippen MR) is 100 cm³/mol. The van der Waals surface area contributed by atoms with Gasteiger partial charge in [0.15, 0.2) is 12.4 Å². The fraction of sp³-hybridized carbons (Fsp3) is 0.300. The highest BCUT2D eigenvalue weighted by atomic mass is 16.6. The first-order chi connectivity index (χ1) is 13.0. The molecule has 1 aliphatic rings. The van der Waals surface area contributed by atoms with Crippen LogP contribution in [0.2, 0.25) is 0 Å². The van der Waals surface area contributed by atoms with Crippen LogP contribution in [0.25, 0.3) is 0 Å². The van der Waals surface area contributed by atoms with Gasteiger partial charge >= 0.3 is 5.97 Å². The minimum Gasteiger partial charge on any atom is -0.454 e. The Balaban J connectivity index is 1.65. The van der Waals surface area contributed by atoms with Crippen molar-refractivity contribution >= 4 is 23.1 Å². The second-order valence-corrected chi connectivity index (χ2v) is 6.46. The van der Waals surface area contributed by atoms with E-state index in [2.05, 4.69) is 5.32 Å². The molecule has 1 saturated carbocycles. The van der Waals surface area contributed by atoms with Crippen molar-refractivity contribution in [2.75, 3.05) is 11.9 Å². The molecule has 0 aromatic heterocycles. The maximum absolute atomic E-state index is 12.2. The molecule has 0 bridgehead atoms. The Morgan fingerprint density at radius 3 is 2.41 bits per heavy atom. The molecule has 2 aromatic carbocycles. The first-order valence-corrected chi connectivity index (χ1v) is 8.82. The van der Waals surface area contributed by atoms with Gasteiger partial charge in [-0.1, -0.05) is 31.2 Å². The Morgan fingerprint density at radius 2 is 1.81 bits per heavy atom. The predicted octanol–water partition coefficient (Wildman–Crippen LogP) is 3.77. The lowest BCUT2D eigenvalue weighted by Crippen LogP contribution is -2.15. The first-order valence-electron chi connectivity index (χ1n) is 8.82. The molecule has 1 aliphatic carbocycles. The number of hydrogen-bond acceptors (Lipinski definition) is 6. The fourth-order valence-corrected chi connectivity index (χ4v) is 2.60. The summed E-state index contributed by atoms with van der Waals surface area (Å²) in [6.07, 6.45) is 2.82. The Hall–Kier alpha value is -3.22. The van der Waals surface area contributed by atoms with Gasteiger partial charge < -0.3 is 10.1 Å². The van der Waals surface area contributed by atoms with E-state index in [1.807, 2.05) is 19.1 Å². The summed E-state index contributed by atoms with van der Waals surface area (Å²) >= 11 is 0. The topological polar surface area (TPSA) is 98.5 Å². The number of ether oxygens (including phenoxy) is 1. The SMILES string of the molecule is CCc1ccc(C(=O)COC(=O)c2ccc(NC3CC3)c([N+](=O)[O-])c2)cc1. The smallest absolute Gasteiger partial charge is 0.338 e. The van der Waals surface area contributed by atoms with E-state index < -0.39 is 17.5 Å². The Labute approximate surface area is 156 Å². The summed E-state index contributed by atoms with van der Waals surface area (Å²) in [5, 5.41) is 14.3. The molecule has 0 spiro atoms. The molecule has 0 saturated heterocycles. The Morgan fingerprint density at radius 1 is 1.15 bits per heavy atom. The third-order valence-electron chi connectivity index (χ3n) is 4.39. The molecule has 0 heterocycles. The van der Waals surface area contributed by atoms with Gasteiger partial charge in [-0.25, -0.2) is 4.79 Å². The third-order valence-corrected chi connectivity index (χ3v) is 4.39. The van der Waals surface area contributed by atoms with Crippen LogP contribution >= 0.6 is 0 Å². The van der Waals surface area contributed by atoms with Crippen LogP contribution in [-0.2, 0) is 11.2 Å². The number of hydrogen-bond donors (Lipinski definition) is 1. The highest BCUT2D eigenvalue weighted by molar-refractivity contribution is 5.99. The quantitative estimate of drug-likeness (QED) is 0.330. The lowest BCUT2D eigenvalue weighted by atomic mass is 10.1. The van der Waals surface area contributed by atoms with E-state index in [-0.39, 0.29) is 23.1 Å². The average molecular weight is 368 g/mol. The molecule has 3 rings (SSSR count). The molecule has 1 fully saturated rings. The van der Waals surface area contributed by atoms with E-state index >= 15 is 0 Å². The normalized spacial score (nSPS) is 13.1. The van der Waals surface area contributed by atoms with Crippen LogP contribution in [0.5, 0.6) is 0 Å². The summed E-state index contributed by atoms with van der Waals surface area (Å²) < 4.78 is 5.04. The lowest BCUT2D eigenvalue weighted by Gasteiger charge is -2.08. The standard InChI is InChI=1S/C20H20N2O5/c1-2-13-3-5-14(6-4-13)19(23)12-27-20(24)15-7-10-17(21-16-8-9-16)18(11-15)22(25)26/h3-7,10-11,16,21H,2,8-9,12H2,1H3. The minimum absolute atomic E-state index is 0.0391. The van der Waals surface area contributed by atoms with Crippen LogP contribution in [-0.4, -0.2) is 29.3 Å². The van der Waals surface area contributed by atoms with E-state index in [0.717, 1.165) is 24.8 Å². The molecule has 2 aromatic rings. The van der Waals surface area contributed by atoms with Crippen LogP contribution in [0.15, 0.2) is 42.5 Å². The van der Waals surface area contributed by atoms with Crippen molar-refractivity contribution in [2.24, 2.45) is 0 Å². The molecule has 7 nitrogen and oxygen atoms in total. The van der Waals surface area contributed by atoms with Gasteiger partial charge in [0.25, 0.3) is 5.69 Å². The molecule has 140 valence electrons. The summed E-state index contributed by atoms with van der Waals surface area (Å²) in [6, 6.07) is 11.5. The number of nitrogens with zero attached hydrogens (tertiary/aromatic N) is 1. The third kappa shape index (κ3) is 4.69. The maximum Gasteiger partial charge on any atom is 0.338 e. The largest absolute Gasteiger partial charge is 0.454 e. The number of aryl methyl sites for hydroxylation is 1. The number of anilines is 1. The Kier molecular flexibility index (Phi) is 5.49. The van der Waals surface area contributed by atoms with Crippen LogP contribution in [0.1, 0.15) is 46.0 Å². The number of nitro groups is 1. The van der Waals surface area contributed by atoms with Crippen LogP contribution < -0.4 is 5.32 Å². The number of nitrogens with one attached hydrogen (secondary N) is 1. The zero-order valence-electron chi connectivity index (χ0n) is 14.9. The monoisotopic (exact) mass is 368 g/mol. The first kappa shape index (κ1) is 18.6. The van der Waals surface area contributed by atoms with Gasteiger partial charge in [0.2, 0.25) is 0 Å². The number of carbonyl (C=O) groups excluding carboxylic acids is 2. The van der Waals surface area contributed by atoms with Crippen LogP contribution in [0.4, 0.5) is 11.4 Å². The van der Waals surface area contributed by atoms with Gasteiger partial charge in [0.1, 0.15) is 5.69 Å². The molecule has 0 unspecified atom stereocenters. The lowest BCUT2D eigenvalue weighted by molar-refractivity contribution is -0.384. The van der Waals surface area contributed by atoms with Crippen molar-refractivity contribution in [1.29, 1.82) is 0 Å². The highest BCUT2D eigenvalue weighted by Gasteiger charge is 2.26. The van der Waals surface area contributed by atoms with Gasteiger partial charge in [-0.15, -0.1) is 0 Å². The minimum atomic E-state index is -0.769. The van der Waals surface area contributed by atoms with Crippen molar-refractivity contribution in [2.45, 2.75) is 32.2 Å². The van der Waals surface area contributed by atoms with Crippen molar-refractivity contribution in [3.63, 3.8) is 0 Å². The number of ketones is 1. The van der Waals surface area contributed by atoms with E-state index in [4.69, 9.17) is 4.74 Å². The van der Waals surface area contributed by atoms with E-state index in [0.29, 0.717) is 11.3 Å². The average Bonchev–Trinajstić information content (AvgIpc) is 3.50. The summed E-state index contributed by atoms with van der Waals surface area (Å²) in [4.78, 5) is 35.0. The van der Waals surface area contributed by atoms with Crippen molar-refractivity contribution in [3.05, 3.63) is 69.3 Å². The van der Waals surface area contributed by atoms with E-state index in [1.165, 1.54) is 18.2 Å². The zero-order valence-corrected chi connectivity index (χ0v) is 14.9. The van der Waals surface area contributed by atoms with Gasteiger partial charge in [-0.05, 0) is 37.0 Å². The number of nitro benzene ring substituents is 1. The summed E-state index contributed by atoms with van der Waals surface area (Å²) in [5.74, 6) is -1.10. The molecule has 0 radical (unpaired) electrons. The Bertz CT molecular complexity index is 872. The summed E-state index contributed by atoms with van der Waals surface area (Å²) in [6.45, 7) is 1.60. The number of esters is 1. The second kappa shape index (κ2) is 7.99. The maximum atomic E-state index is 12.2. The highest BCUT2D eigenvalue weighted by Crippen LogP contribution is 2.31. The van der Waals surface area contributed by atoms with Gasteiger partial charge in [0, 0.05) is 17.7 Å².